The lowest BCUT2D eigenvalue weighted by atomic mass is 9.99. The van der Waals surface area contributed by atoms with Gasteiger partial charge in [0.1, 0.15) is 22.2 Å². The van der Waals surface area contributed by atoms with Gasteiger partial charge in [-0.25, -0.2) is 9.97 Å². The molecule has 0 radical (unpaired) electrons. The molecular weight excluding hydrogens is 571 g/mol. The van der Waals surface area contributed by atoms with Crippen LogP contribution < -0.4 is 0 Å². The molecule has 0 atom stereocenters. The Balaban J connectivity index is 1.17. The Morgan fingerprint density at radius 3 is 1.91 bits per heavy atom. The molecule has 0 unspecified atom stereocenters. The summed E-state index contributed by atoms with van der Waals surface area (Å²) in [5, 5.41) is 3.31. The van der Waals surface area contributed by atoms with Crippen LogP contribution >= 0.6 is 11.3 Å². The molecule has 45 heavy (non-hydrogen) atoms. The summed E-state index contributed by atoms with van der Waals surface area (Å²) in [5.41, 5.74) is 12.3. The predicted molar refractivity (Wildman–Crippen MR) is 187 cm³/mol. The van der Waals surface area contributed by atoms with Gasteiger partial charge in [0.25, 0.3) is 0 Å². The SMILES string of the molecule is c1ccc(-c2cccc3c2oc2c(-c4ccc(-c5nc6ccccc6c6nc7sc8ccccc8n7c56)cc4)cccc23)cc1. The minimum Gasteiger partial charge on any atom is -0.455 e. The number of para-hydroxylation sites is 4. The molecule has 4 nitrogen and oxygen atoms in total. The van der Waals surface area contributed by atoms with Crippen LogP contribution in [0.25, 0.3) is 92.6 Å². The normalized spacial score (nSPS) is 12.0. The maximum Gasteiger partial charge on any atom is 0.195 e. The smallest absolute Gasteiger partial charge is 0.195 e. The van der Waals surface area contributed by atoms with E-state index < -0.39 is 0 Å². The Labute approximate surface area is 261 Å². The fraction of sp³-hybridized carbons (Fsp3) is 0. The zero-order chi connectivity index (χ0) is 29.5. The number of thiazole rings is 1. The lowest BCUT2D eigenvalue weighted by Crippen LogP contribution is -1.92. The first-order chi connectivity index (χ1) is 22.3. The summed E-state index contributed by atoms with van der Waals surface area (Å²) in [6.07, 6.45) is 0. The Kier molecular flexibility index (Phi) is 5.12. The number of imidazole rings is 1. The van der Waals surface area contributed by atoms with Gasteiger partial charge in [0.05, 0.1) is 21.4 Å². The molecule has 10 rings (SSSR count). The van der Waals surface area contributed by atoms with Crippen molar-refractivity contribution in [3.05, 3.63) is 140 Å². The van der Waals surface area contributed by atoms with Crippen molar-refractivity contribution < 1.29 is 4.42 Å². The van der Waals surface area contributed by atoms with E-state index in [1.165, 1.54) is 4.70 Å². The number of nitrogens with zero attached hydrogens (tertiary/aromatic N) is 3. The molecule has 0 aliphatic rings. The first-order valence-corrected chi connectivity index (χ1v) is 15.8. The van der Waals surface area contributed by atoms with Crippen LogP contribution in [-0.2, 0) is 0 Å². The molecular formula is C40H23N3OS. The van der Waals surface area contributed by atoms with Gasteiger partial charge in [-0.1, -0.05) is 133 Å². The van der Waals surface area contributed by atoms with Gasteiger partial charge in [-0.2, -0.15) is 0 Å². The number of aromatic nitrogens is 3. The minimum absolute atomic E-state index is 0.900. The highest BCUT2D eigenvalue weighted by Gasteiger charge is 2.20. The first kappa shape index (κ1) is 24.6. The van der Waals surface area contributed by atoms with Crippen LogP contribution in [0.3, 0.4) is 0 Å². The van der Waals surface area contributed by atoms with Gasteiger partial charge < -0.3 is 4.42 Å². The highest BCUT2D eigenvalue weighted by atomic mass is 32.1. The Morgan fingerprint density at radius 2 is 1.13 bits per heavy atom. The van der Waals surface area contributed by atoms with Crippen LogP contribution in [0, 0.1) is 0 Å². The standard InChI is InChI=1S/C40H23N3OS/c1-2-10-24(11-3-1)27-13-8-15-29-30-16-9-14-28(39(30)44-38(27)29)25-20-22-26(23-21-25)35-37-36(31-12-4-5-17-32(31)41-35)42-40-43(37)33-18-6-7-19-34(33)45-40/h1-23H. The molecule has 4 aromatic heterocycles. The summed E-state index contributed by atoms with van der Waals surface area (Å²) >= 11 is 1.72. The van der Waals surface area contributed by atoms with E-state index in [0.717, 1.165) is 87.9 Å². The highest BCUT2D eigenvalue weighted by Crippen LogP contribution is 2.41. The van der Waals surface area contributed by atoms with Crippen molar-refractivity contribution in [2.45, 2.75) is 0 Å². The molecule has 210 valence electrons. The zero-order valence-electron chi connectivity index (χ0n) is 23.9. The monoisotopic (exact) mass is 593 g/mol. The first-order valence-electron chi connectivity index (χ1n) is 15.0. The Hall–Kier alpha value is -5.78. The van der Waals surface area contributed by atoms with E-state index in [-0.39, 0.29) is 0 Å². The molecule has 0 aliphatic heterocycles. The predicted octanol–water partition coefficient (Wildman–Crippen LogP) is 11.2. The molecule has 0 aliphatic carbocycles. The van der Waals surface area contributed by atoms with Crippen LogP contribution in [0.5, 0.6) is 0 Å². The maximum absolute atomic E-state index is 6.69. The summed E-state index contributed by atoms with van der Waals surface area (Å²) in [4.78, 5) is 11.4. The molecule has 0 saturated carbocycles. The largest absolute Gasteiger partial charge is 0.455 e. The quantitative estimate of drug-likeness (QED) is 0.205. The van der Waals surface area contributed by atoms with Gasteiger partial charge in [0, 0.05) is 32.8 Å². The van der Waals surface area contributed by atoms with Crippen molar-refractivity contribution in [3.8, 4) is 33.5 Å². The van der Waals surface area contributed by atoms with E-state index >= 15 is 0 Å². The zero-order valence-corrected chi connectivity index (χ0v) is 24.8. The van der Waals surface area contributed by atoms with Crippen LogP contribution in [0.2, 0.25) is 0 Å². The molecule has 0 fully saturated rings. The molecule has 4 heterocycles. The van der Waals surface area contributed by atoms with E-state index in [1.54, 1.807) is 11.3 Å². The third-order valence-electron chi connectivity index (χ3n) is 8.85. The number of pyridine rings is 1. The van der Waals surface area contributed by atoms with Crippen molar-refractivity contribution in [2.75, 3.05) is 0 Å². The van der Waals surface area contributed by atoms with Gasteiger partial charge in [0.2, 0.25) is 0 Å². The Bertz CT molecular complexity index is 2750. The maximum atomic E-state index is 6.69. The second kappa shape index (κ2) is 9.36. The van der Waals surface area contributed by atoms with Crippen molar-refractivity contribution >= 4 is 70.4 Å². The van der Waals surface area contributed by atoms with Gasteiger partial charge in [-0.15, -0.1) is 0 Å². The average Bonchev–Trinajstić information content (AvgIpc) is 3.78. The van der Waals surface area contributed by atoms with Crippen LogP contribution in [0.4, 0.5) is 0 Å². The molecule has 5 heteroatoms. The number of benzene rings is 6. The summed E-state index contributed by atoms with van der Waals surface area (Å²) < 4.78 is 10.2. The third-order valence-corrected chi connectivity index (χ3v) is 9.87. The van der Waals surface area contributed by atoms with E-state index in [0.29, 0.717) is 0 Å². The van der Waals surface area contributed by atoms with Crippen LogP contribution in [0.15, 0.2) is 144 Å². The van der Waals surface area contributed by atoms with Crippen molar-refractivity contribution in [3.63, 3.8) is 0 Å². The molecule has 0 bridgehead atoms. The fourth-order valence-electron chi connectivity index (χ4n) is 6.77. The van der Waals surface area contributed by atoms with Gasteiger partial charge in [-0.3, -0.25) is 4.40 Å². The average molecular weight is 594 g/mol. The summed E-state index contributed by atoms with van der Waals surface area (Å²) in [6, 6.07) is 48.8. The number of rotatable bonds is 3. The van der Waals surface area contributed by atoms with Gasteiger partial charge in [-0.05, 0) is 29.3 Å². The number of hydrogen-bond donors (Lipinski definition) is 0. The summed E-state index contributed by atoms with van der Waals surface area (Å²) in [7, 11) is 0. The van der Waals surface area contributed by atoms with E-state index in [2.05, 4.69) is 132 Å². The number of fused-ring (bicyclic) bond motifs is 10. The van der Waals surface area contributed by atoms with Gasteiger partial charge in [0.15, 0.2) is 4.96 Å². The van der Waals surface area contributed by atoms with E-state index in [1.807, 2.05) is 12.1 Å². The molecule has 0 amide bonds. The fourth-order valence-corrected chi connectivity index (χ4v) is 7.80. The summed E-state index contributed by atoms with van der Waals surface area (Å²) in [6.45, 7) is 0. The Morgan fingerprint density at radius 1 is 0.511 bits per heavy atom. The van der Waals surface area contributed by atoms with Crippen molar-refractivity contribution in [2.24, 2.45) is 0 Å². The minimum atomic E-state index is 0.900. The topological polar surface area (TPSA) is 43.3 Å². The number of hydrogen-bond acceptors (Lipinski definition) is 4. The third kappa shape index (κ3) is 3.59. The highest BCUT2D eigenvalue weighted by molar-refractivity contribution is 7.23. The van der Waals surface area contributed by atoms with Gasteiger partial charge >= 0.3 is 0 Å². The second-order valence-corrected chi connectivity index (χ2v) is 12.4. The van der Waals surface area contributed by atoms with Crippen molar-refractivity contribution in [1.82, 2.24) is 14.4 Å². The van der Waals surface area contributed by atoms with Crippen LogP contribution in [-0.4, -0.2) is 14.4 Å². The second-order valence-electron chi connectivity index (χ2n) is 11.4. The lowest BCUT2D eigenvalue weighted by Gasteiger charge is -2.09. The van der Waals surface area contributed by atoms with Crippen LogP contribution in [0.1, 0.15) is 0 Å². The summed E-state index contributed by atoms with van der Waals surface area (Å²) in [5.74, 6) is 0. The van der Waals surface area contributed by atoms with Crippen molar-refractivity contribution in [1.29, 1.82) is 0 Å². The number of furan rings is 1. The lowest BCUT2D eigenvalue weighted by molar-refractivity contribution is 0.671. The molecule has 0 N–H and O–H groups in total. The van der Waals surface area contributed by atoms with E-state index in [4.69, 9.17) is 14.4 Å². The molecule has 6 aromatic carbocycles. The molecule has 10 aromatic rings. The van der Waals surface area contributed by atoms with E-state index in [9.17, 15) is 0 Å². The molecule has 0 saturated heterocycles. The molecule has 0 spiro atoms.